The van der Waals surface area contributed by atoms with E-state index < -0.39 is 0 Å². The second-order valence-corrected chi connectivity index (χ2v) is 4.08. The Morgan fingerprint density at radius 2 is 2.23 bits per heavy atom. The van der Waals surface area contributed by atoms with Crippen LogP contribution < -0.4 is 11.1 Å². The lowest BCUT2D eigenvalue weighted by atomic mass is 9.90. The van der Waals surface area contributed by atoms with Gasteiger partial charge in [-0.1, -0.05) is 13.8 Å². The molecule has 70 valence electrons. The lowest BCUT2D eigenvalue weighted by Gasteiger charge is -2.14. The summed E-state index contributed by atoms with van der Waals surface area (Å²) in [5, 5.41) is 3.40. The Kier molecular flexibility index (Phi) is 1.91. The van der Waals surface area contributed by atoms with Gasteiger partial charge in [0.2, 0.25) is 0 Å². The van der Waals surface area contributed by atoms with E-state index in [2.05, 4.69) is 31.3 Å². The average molecular weight is 176 g/mol. The quantitative estimate of drug-likeness (QED) is 0.645. The fraction of sp³-hybridized carbons (Fsp3) is 0.455. The van der Waals surface area contributed by atoms with Crippen LogP contribution in [0, 0.1) is 5.92 Å². The molecular formula is C11H16N2. The maximum atomic E-state index is 5.77. The molecule has 0 saturated heterocycles. The van der Waals surface area contributed by atoms with Crippen molar-refractivity contribution in [3.05, 3.63) is 23.8 Å². The summed E-state index contributed by atoms with van der Waals surface area (Å²) in [4.78, 5) is 0. The van der Waals surface area contributed by atoms with Crippen molar-refractivity contribution in [2.24, 2.45) is 5.92 Å². The first-order valence-electron chi connectivity index (χ1n) is 4.82. The van der Waals surface area contributed by atoms with Crippen molar-refractivity contribution in [3.8, 4) is 0 Å². The van der Waals surface area contributed by atoms with Crippen molar-refractivity contribution >= 4 is 11.4 Å². The fourth-order valence-electron chi connectivity index (χ4n) is 1.97. The normalized spacial score (nSPS) is 20.1. The number of nitrogens with two attached hydrogens (primary N) is 1. The van der Waals surface area contributed by atoms with Crippen molar-refractivity contribution in [1.29, 1.82) is 0 Å². The van der Waals surface area contributed by atoms with Crippen LogP contribution in [-0.2, 0) is 0 Å². The van der Waals surface area contributed by atoms with E-state index in [9.17, 15) is 0 Å². The van der Waals surface area contributed by atoms with Gasteiger partial charge in [0.1, 0.15) is 0 Å². The molecule has 1 aliphatic rings. The van der Waals surface area contributed by atoms with Crippen molar-refractivity contribution in [2.75, 3.05) is 17.6 Å². The smallest absolute Gasteiger partial charge is 0.0378 e. The third kappa shape index (κ3) is 1.37. The summed E-state index contributed by atoms with van der Waals surface area (Å²) in [6.45, 7) is 5.56. The molecule has 3 N–H and O–H groups in total. The van der Waals surface area contributed by atoms with Crippen molar-refractivity contribution < 1.29 is 0 Å². The van der Waals surface area contributed by atoms with E-state index in [0.717, 1.165) is 12.2 Å². The van der Waals surface area contributed by atoms with E-state index in [1.165, 1.54) is 11.3 Å². The molecule has 1 heterocycles. The van der Waals surface area contributed by atoms with Gasteiger partial charge in [-0.05, 0) is 29.7 Å². The first kappa shape index (κ1) is 8.42. The maximum Gasteiger partial charge on any atom is 0.0378 e. The third-order valence-corrected chi connectivity index (χ3v) is 2.79. The zero-order valence-electron chi connectivity index (χ0n) is 8.17. The minimum Gasteiger partial charge on any atom is -0.399 e. The highest BCUT2D eigenvalue weighted by Crippen LogP contribution is 2.36. The Labute approximate surface area is 79.1 Å². The van der Waals surface area contributed by atoms with Crippen molar-refractivity contribution in [3.63, 3.8) is 0 Å². The summed E-state index contributed by atoms with van der Waals surface area (Å²) in [5.41, 5.74) is 9.28. The lowest BCUT2D eigenvalue weighted by Crippen LogP contribution is -2.08. The number of benzene rings is 1. The fourth-order valence-corrected chi connectivity index (χ4v) is 1.97. The van der Waals surface area contributed by atoms with E-state index >= 15 is 0 Å². The number of nitrogens with one attached hydrogen (secondary N) is 1. The highest BCUT2D eigenvalue weighted by atomic mass is 14.9. The Morgan fingerprint density at radius 3 is 2.92 bits per heavy atom. The topological polar surface area (TPSA) is 38.0 Å². The van der Waals surface area contributed by atoms with Gasteiger partial charge in [-0.3, -0.25) is 0 Å². The number of rotatable bonds is 1. The molecule has 0 aliphatic carbocycles. The first-order chi connectivity index (χ1) is 6.18. The Hall–Kier alpha value is -1.18. The Bertz CT molecular complexity index is 318. The van der Waals surface area contributed by atoms with Crippen LogP contribution >= 0.6 is 0 Å². The minimum atomic E-state index is 0.624. The molecule has 2 heteroatoms. The predicted octanol–water partition coefficient (Wildman–Crippen LogP) is 2.43. The molecule has 0 spiro atoms. The summed E-state index contributed by atoms with van der Waals surface area (Å²) in [6, 6.07) is 6.13. The van der Waals surface area contributed by atoms with Crippen molar-refractivity contribution in [2.45, 2.75) is 19.8 Å². The molecule has 13 heavy (non-hydrogen) atoms. The maximum absolute atomic E-state index is 5.77. The highest BCUT2D eigenvalue weighted by molar-refractivity contribution is 5.63. The number of nitrogen functional groups attached to an aromatic ring is 1. The minimum absolute atomic E-state index is 0.624. The molecule has 0 aromatic heterocycles. The molecule has 0 amide bonds. The van der Waals surface area contributed by atoms with Gasteiger partial charge in [0.05, 0.1) is 0 Å². The molecule has 1 aliphatic heterocycles. The van der Waals surface area contributed by atoms with Crippen molar-refractivity contribution in [1.82, 2.24) is 0 Å². The van der Waals surface area contributed by atoms with Crippen LogP contribution in [0.2, 0.25) is 0 Å². The highest BCUT2D eigenvalue weighted by Gasteiger charge is 2.24. The zero-order chi connectivity index (χ0) is 9.42. The van der Waals surface area contributed by atoms with Crippen LogP contribution in [0.4, 0.5) is 11.4 Å². The van der Waals surface area contributed by atoms with E-state index in [1.54, 1.807) is 0 Å². The predicted molar refractivity (Wildman–Crippen MR) is 56.9 cm³/mol. The molecule has 0 unspecified atom stereocenters. The number of anilines is 2. The van der Waals surface area contributed by atoms with Crippen LogP contribution in [-0.4, -0.2) is 6.54 Å². The number of fused-ring (bicyclic) bond motifs is 1. The summed E-state index contributed by atoms with van der Waals surface area (Å²) in [5.74, 6) is 1.30. The van der Waals surface area contributed by atoms with Gasteiger partial charge in [-0.15, -0.1) is 0 Å². The SMILES string of the molecule is CC(C)[C@@H]1CNc2ccc(N)cc21. The lowest BCUT2D eigenvalue weighted by molar-refractivity contribution is 0.533. The van der Waals surface area contributed by atoms with Gasteiger partial charge in [0.15, 0.2) is 0 Å². The molecule has 1 aromatic carbocycles. The average Bonchev–Trinajstić information content (AvgIpc) is 2.46. The summed E-state index contributed by atoms with van der Waals surface area (Å²) in [6.07, 6.45) is 0. The van der Waals surface area contributed by atoms with Gasteiger partial charge in [0, 0.05) is 23.8 Å². The largest absolute Gasteiger partial charge is 0.399 e. The molecule has 1 aromatic rings. The molecule has 2 nitrogen and oxygen atoms in total. The number of hydrogen-bond donors (Lipinski definition) is 2. The summed E-state index contributed by atoms with van der Waals surface area (Å²) < 4.78 is 0. The summed E-state index contributed by atoms with van der Waals surface area (Å²) in [7, 11) is 0. The van der Waals surface area contributed by atoms with Gasteiger partial charge in [-0.2, -0.15) is 0 Å². The molecule has 0 fully saturated rings. The Balaban J connectivity index is 2.40. The third-order valence-electron chi connectivity index (χ3n) is 2.79. The van der Waals surface area contributed by atoms with E-state index in [4.69, 9.17) is 5.73 Å². The Morgan fingerprint density at radius 1 is 1.46 bits per heavy atom. The monoisotopic (exact) mass is 176 g/mol. The number of hydrogen-bond acceptors (Lipinski definition) is 2. The first-order valence-corrected chi connectivity index (χ1v) is 4.82. The zero-order valence-corrected chi connectivity index (χ0v) is 8.17. The van der Waals surface area contributed by atoms with Gasteiger partial charge < -0.3 is 11.1 Å². The molecule has 0 saturated carbocycles. The van der Waals surface area contributed by atoms with E-state index in [-0.39, 0.29) is 0 Å². The van der Waals surface area contributed by atoms with E-state index in [1.807, 2.05) is 6.07 Å². The molecule has 0 radical (unpaired) electrons. The van der Waals surface area contributed by atoms with Crippen LogP contribution in [0.15, 0.2) is 18.2 Å². The molecule has 2 rings (SSSR count). The van der Waals surface area contributed by atoms with E-state index in [0.29, 0.717) is 11.8 Å². The van der Waals surface area contributed by atoms with Crippen LogP contribution in [0.3, 0.4) is 0 Å². The standard InChI is InChI=1S/C11H16N2/c1-7(2)10-6-13-11-4-3-8(12)5-9(10)11/h3-5,7,10,13H,6,12H2,1-2H3/t10-/m0/s1. The van der Waals surface area contributed by atoms with Crippen LogP contribution in [0.1, 0.15) is 25.3 Å². The molecule has 0 bridgehead atoms. The van der Waals surface area contributed by atoms with Crippen LogP contribution in [0.25, 0.3) is 0 Å². The van der Waals surface area contributed by atoms with Crippen LogP contribution in [0.5, 0.6) is 0 Å². The summed E-state index contributed by atoms with van der Waals surface area (Å²) >= 11 is 0. The second kappa shape index (κ2) is 2.95. The van der Waals surface area contributed by atoms with Gasteiger partial charge in [0.25, 0.3) is 0 Å². The molecular weight excluding hydrogens is 160 g/mol. The van der Waals surface area contributed by atoms with Gasteiger partial charge >= 0.3 is 0 Å². The second-order valence-electron chi connectivity index (χ2n) is 4.08. The van der Waals surface area contributed by atoms with Gasteiger partial charge in [-0.25, -0.2) is 0 Å². The molecule has 1 atom stereocenters.